The van der Waals surface area contributed by atoms with Crippen molar-refractivity contribution < 1.29 is 9.52 Å². The molecule has 32 heavy (non-hydrogen) atoms. The van der Waals surface area contributed by atoms with Gasteiger partial charge in [0.05, 0.1) is 6.26 Å². The van der Waals surface area contributed by atoms with E-state index in [0.717, 1.165) is 89.4 Å². The zero-order valence-electron chi connectivity index (χ0n) is 19.0. The molecule has 1 aromatic carbocycles. The van der Waals surface area contributed by atoms with E-state index in [4.69, 9.17) is 14.5 Å². The van der Waals surface area contributed by atoms with Crippen LogP contribution in [-0.2, 0) is 13.0 Å². The number of hydrogen-bond acceptors (Lipinski definition) is 4. The highest BCUT2D eigenvalue weighted by Gasteiger charge is 2.20. The van der Waals surface area contributed by atoms with Gasteiger partial charge in [0.15, 0.2) is 5.96 Å². The number of aliphatic imine (C=N–C) groups is 1. The fourth-order valence-corrected chi connectivity index (χ4v) is 3.95. The lowest BCUT2D eigenvalue weighted by molar-refractivity contribution is 0.198. The van der Waals surface area contributed by atoms with Gasteiger partial charge in [0, 0.05) is 51.8 Å². The molecule has 0 unspecified atom stereocenters. The maximum absolute atomic E-state index is 8.91. The topological polar surface area (TPSA) is 73.0 Å². The number of nitrogens with one attached hydrogen (secondary N) is 2. The fourth-order valence-electron chi connectivity index (χ4n) is 3.95. The lowest BCUT2D eigenvalue weighted by Crippen LogP contribution is -2.49. The largest absolute Gasteiger partial charge is 0.469 e. The summed E-state index contributed by atoms with van der Waals surface area (Å²) in [5.41, 5.74) is 1.39. The Labute approximate surface area is 209 Å². The molecule has 1 aliphatic rings. The van der Waals surface area contributed by atoms with Gasteiger partial charge in [-0.3, -0.25) is 9.89 Å². The molecule has 1 saturated heterocycles. The summed E-state index contributed by atoms with van der Waals surface area (Å²) in [5, 5.41) is 16.1. The SMILES string of the molecule is I.OCCCCCCN=C(NCCc1ccco1)NC1CCN(Cc2ccccc2)CC1. The van der Waals surface area contributed by atoms with Crippen LogP contribution in [0.25, 0.3) is 0 Å². The molecule has 3 N–H and O–H groups in total. The summed E-state index contributed by atoms with van der Waals surface area (Å²) >= 11 is 0. The molecule has 0 bridgehead atoms. The molecule has 0 amide bonds. The standard InChI is InChI=1S/C25H38N4O2.HI/c30-19-7-2-1-6-15-26-25(27-16-12-24-11-8-20-31-24)28-23-13-17-29(18-14-23)21-22-9-4-3-5-10-22;/h3-5,8-11,20,23,30H,1-2,6-7,12-19,21H2,(H2,26,27,28);1H. The van der Waals surface area contributed by atoms with Crippen molar-refractivity contribution in [1.29, 1.82) is 0 Å². The zero-order chi connectivity index (χ0) is 21.6. The molecule has 0 aliphatic carbocycles. The first-order valence-corrected chi connectivity index (χ1v) is 11.8. The smallest absolute Gasteiger partial charge is 0.191 e. The van der Waals surface area contributed by atoms with E-state index in [1.807, 2.05) is 12.1 Å². The molecule has 3 rings (SSSR count). The number of rotatable bonds is 12. The maximum atomic E-state index is 8.91. The molecule has 2 aromatic rings. The Balaban J connectivity index is 0.00000363. The highest BCUT2D eigenvalue weighted by molar-refractivity contribution is 14.0. The number of nitrogens with zero attached hydrogens (tertiary/aromatic N) is 2. The van der Waals surface area contributed by atoms with Gasteiger partial charge in [0.1, 0.15) is 5.76 Å². The van der Waals surface area contributed by atoms with E-state index < -0.39 is 0 Å². The van der Waals surface area contributed by atoms with Gasteiger partial charge in [-0.2, -0.15) is 0 Å². The molecule has 178 valence electrons. The first-order chi connectivity index (χ1) is 15.3. The van der Waals surface area contributed by atoms with Crippen LogP contribution in [0.2, 0.25) is 0 Å². The van der Waals surface area contributed by atoms with Crippen LogP contribution >= 0.6 is 24.0 Å². The van der Waals surface area contributed by atoms with Crippen LogP contribution in [0.1, 0.15) is 49.8 Å². The average molecular weight is 555 g/mol. The molecule has 0 radical (unpaired) electrons. The highest BCUT2D eigenvalue weighted by atomic mass is 127. The third kappa shape index (κ3) is 10.4. The first kappa shape index (κ1) is 26.7. The normalized spacial score (nSPS) is 15.3. The molecule has 0 saturated carbocycles. The number of piperidine rings is 1. The molecule has 2 heterocycles. The lowest BCUT2D eigenvalue weighted by atomic mass is 10.0. The second kappa shape index (κ2) is 16.1. The predicted molar refractivity (Wildman–Crippen MR) is 142 cm³/mol. The number of aliphatic hydroxyl groups excluding tert-OH is 1. The number of likely N-dealkylation sites (tertiary alicyclic amines) is 1. The quantitative estimate of drug-likeness (QED) is 0.159. The van der Waals surface area contributed by atoms with Crippen molar-refractivity contribution in [2.45, 2.75) is 57.5 Å². The van der Waals surface area contributed by atoms with Crippen LogP contribution in [0, 0.1) is 0 Å². The third-order valence-electron chi connectivity index (χ3n) is 5.76. The minimum absolute atomic E-state index is 0. The van der Waals surface area contributed by atoms with Crippen LogP contribution in [-0.4, -0.2) is 54.8 Å². The van der Waals surface area contributed by atoms with Gasteiger partial charge in [-0.05, 0) is 43.4 Å². The Bertz CT molecular complexity index is 732. The van der Waals surface area contributed by atoms with E-state index in [2.05, 4.69) is 45.9 Å². The number of unbranched alkanes of at least 4 members (excludes halogenated alkanes) is 3. The van der Waals surface area contributed by atoms with Crippen molar-refractivity contribution in [2.24, 2.45) is 4.99 Å². The number of halogens is 1. The van der Waals surface area contributed by atoms with Gasteiger partial charge in [-0.15, -0.1) is 24.0 Å². The van der Waals surface area contributed by atoms with Crippen LogP contribution < -0.4 is 10.6 Å². The monoisotopic (exact) mass is 554 g/mol. The molecule has 1 aromatic heterocycles. The summed E-state index contributed by atoms with van der Waals surface area (Å²) < 4.78 is 5.44. The van der Waals surface area contributed by atoms with Gasteiger partial charge in [0.2, 0.25) is 0 Å². The third-order valence-corrected chi connectivity index (χ3v) is 5.76. The van der Waals surface area contributed by atoms with Crippen molar-refractivity contribution in [3.8, 4) is 0 Å². The number of guanidine groups is 1. The van der Waals surface area contributed by atoms with Crippen LogP contribution in [0.5, 0.6) is 0 Å². The number of hydrogen-bond donors (Lipinski definition) is 3. The van der Waals surface area contributed by atoms with Gasteiger partial charge in [-0.1, -0.05) is 43.2 Å². The molecular formula is C25H39IN4O2. The van der Waals surface area contributed by atoms with E-state index in [9.17, 15) is 0 Å². The lowest BCUT2D eigenvalue weighted by Gasteiger charge is -2.33. The van der Waals surface area contributed by atoms with E-state index >= 15 is 0 Å². The summed E-state index contributed by atoms with van der Waals surface area (Å²) in [6.07, 6.45) is 8.95. The van der Waals surface area contributed by atoms with E-state index in [0.29, 0.717) is 6.04 Å². The molecule has 1 fully saturated rings. The summed E-state index contributed by atoms with van der Waals surface area (Å²) in [6, 6.07) is 15.1. The fraction of sp³-hybridized carbons (Fsp3) is 0.560. The summed E-state index contributed by atoms with van der Waals surface area (Å²) in [7, 11) is 0. The van der Waals surface area contributed by atoms with Gasteiger partial charge in [-0.25, -0.2) is 0 Å². The van der Waals surface area contributed by atoms with E-state index in [1.165, 1.54) is 5.56 Å². The van der Waals surface area contributed by atoms with Gasteiger partial charge < -0.3 is 20.2 Å². The van der Waals surface area contributed by atoms with E-state index in [1.54, 1.807) is 6.26 Å². The second-order valence-electron chi connectivity index (χ2n) is 8.30. The molecule has 1 aliphatic heterocycles. The number of furan rings is 1. The average Bonchev–Trinajstić information content (AvgIpc) is 3.31. The molecule has 6 nitrogen and oxygen atoms in total. The zero-order valence-corrected chi connectivity index (χ0v) is 21.4. The van der Waals surface area contributed by atoms with Crippen molar-refractivity contribution in [2.75, 3.05) is 32.8 Å². The second-order valence-corrected chi connectivity index (χ2v) is 8.30. The first-order valence-electron chi connectivity index (χ1n) is 11.8. The van der Waals surface area contributed by atoms with Crippen molar-refractivity contribution in [1.82, 2.24) is 15.5 Å². The Kier molecular flexibility index (Phi) is 13.4. The van der Waals surface area contributed by atoms with Crippen molar-refractivity contribution in [3.05, 3.63) is 60.1 Å². The van der Waals surface area contributed by atoms with Crippen molar-refractivity contribution in [3.63, 3.8) is 0 Å². The van der Waals surface area contributed by atoms with Gasteiger partial charge in [0.25, 0.3) is 0 Å². The Hall–Kier alpha value is -1.58. The summed E-state index contributed by atoms with van der Waals surface area (Å²) in [6.45, 7) is 5.14. The highest BCUT2D eigenvalue weighted by Crippen LogP contribution is 2.14. The van der Waals surface area contributed by atoms with Crippen LogP contribution in [0.4, 0.5) is 0 Å². The van der Waals surface area contributed by atoms with Gasteiger partial charge >= 0.3 is 0 Å². The summed E-state index contributed by atoms with van der Waals surface area (Å²) in [4.78, 5) is 7.35. The molecular weight excluding hydrogens is 515 g/mol. The Morgan fingerprint density at radius 1 is 1.03 bits per heavy atom. The van der Waals surface area contributed by atoms with Crippen molar-refractivity contribution >= 4 is 29.9 Å². The van der Waals surface area contributed by atoms with Crippen LogP contribution in [0.3, 0.4) is 0 Å². The van der Waals surface area contributed by atoms with Crippen LogP contribution in [0.15, 0.2) is 58.1 Å². The number of aliphatic hydroxyl groups is 1. The maximum Gasteiger partial charge on any atom is 0.191 e. The number of benzene rings is 1. The Morgan fingerprint density at radius 3 is 2.53 bits per heavy atom. The molecule has 0 atom stereocenters. The minimum Gasteiger partial charge on any atom is -0.469 e. The van der Waals surface area contributed by atoms with E-state index in [-0.39, 0.29) is 30.6 Å². The summed E-state index contributed by atoms with van der Waals surface area (Å²) in [5.74, 6) is 1.90. The molecule has 0 spiro atoms. The minimum atomic E-state index is 0. The Morgan fingerprint density at radius 2 is 1.81 bits per heavy atom. The predicted octanol–water partition coefficient (Wildman–Crippen LogP) is 4.19. The molecule has 7 heteroatoms.